The van der Waals surface area contributed by atoms with E-state index in [0.29, 0.717) is 16.4 Å². The second-order valence-electron chi connectivity index (χ2n) is 4.69. The van der Waals surface area contributed by atoms with Crippen LogP contribution in [0.4, 0.5) is 5.69 Å². The molecule has 2 aromatic rings. The molecule has 0 saturated carbocycles. The molecule has 22 heavy (non-hydrogen) atoms. The van der Waals surface area contributed by atoms with Crippen LogP contribution >= 0.6 is 11.6 Å². The van der Waals surface area contributed by atoms with E-state index in [1.54, 1.807) is 41.1 Å². The number of hydrogen-bond donors (Lipinski definition) is 2. The van der Waals surface area contributed by atoms with E-state index in [0.717, 1.165) is 11.6 Å². The van der Waals surface area contributed by atoms with E-state index in [1.165, 1.54) is 6.08 Å². The fourth-order valence-corrected chi connectivity index (χ4v) is 2.14. The van der Waals surface area contributed by atoms with Gasteiger partial charge in [0.15, 0.2) is 0 Å². The Morgan fingerprint density at radius 2 is 2.09 bits per heavy atom. The van der Waals surface area contributed by atoms with Gasteiger partial charge in [-0.2, -0.15) is 0 Å². The van der Waals surface area contributed by atoms with Crippen LogP contribution in [0.1, 0.15) is 11.3 Å². The standard InChI is InChI=1S/C16H15ClN2O3/c1-11-13(17)5-2-6-14(11)18-15(20)10-19-9-3-4-12(19)7-8-16(21)22/h2-9H,10H2,1H3,(H,18,20)(H,21,22)/b8-7+. The number of hydrogen-bond acceptors (Lipinski definition) is 2. The maximum absolute atomic E-state index is 12.1. The Morgan fingerprint density at radius 3 is 2.82 bits per heavy atom. The molecule has 0 aliphatic heterocycles. The second-order valence-corrected chi connectivity index (χ2v) is 5.10. The summed E-state index contributed by atoms with van der Waals surface area (Å²) >= 11 is 6.01. The van der Waals surface area contributed by atoms with Gasteiger partial charge < -0.3 is 15.0 Å². The first-order valence-electron chi connectivity index (χ1n) is 6.58. The number of nitrogens with zero attached hydrogens (tertiary/aromatic N) is 1. The number of amides is 1. The molecule has 0 saturated heterocycles. The summed E-state index contributed by atoms with van der Waals surface area (Å²) in [6.07, 6.45) is 4.19. The topological polar surface area (TPSA) is 71.3 Å². The van der Waals surface area contributed by atoms with Gasteiger partial charge in [-0.25, -0.2) is 4.79 Å². The lowest BCUT2D eigenvalue weighted by molar-refractivity contribution is -0.131. The van der Waals surface area contributed by atoms with E-state index >= 15 is 0 Å². The summed E-state index contributed by atoms with van der Waals surface area (Å²) in [7, 11) is 0. The second kappa shape index (κ2) is 6.95. The quantitative estimate of drug-likeness (QED) is 0.832. The van der Waals surface area contributed by atoms with Crippen LogP contribution in [0.25, 0.3) is 6.08 Å². The zero-order valence-corrected chi connectivity index (χ0v) is 12.7. The monoisotopic (exact) mass is 318 g/mol. The summed E-state index contributed by atoms with van der Waals surface area (Å²) in [5.41, 5.74) is 2.10. The summed E-state index contributed by atoms with van der Waals surface area (Å²) < 4.78 is 1.66. The van der Waals surface area contributed by atoms with Crippen LogP contribution in [-0.2, 0) is 16.1 Å². The highest BCUT2D eigenvalue weighted by molar-refractivity contribution is 6.31. The summed E-state index contributed by atoms with van der Waals surface area (Å²) in [5.74, 6) is -1.25. The minimum absolute atomic E-state index is 0.0816. The molecule has 0 unspecified atom stereocenters. The lowest BCUT2D eigenvalue weighted by Gasteiger charge is -2.11. The number of anilines is 1. The number of nitrogens with one attached hydrogen (secondary N) is 1. The van der Waals surface area contributed by atoms with Crippen molar-refractivity contribution in [2.75, 3.05) is 5.32 Å². The van der Waals surface area contributed by atoms with Crippen molar-refractivity contribution in [2.45, 2.75) is 13.5 Å². The molecule has 0 radical (unpaired) electrons. The van der Waals surface area contributed by atoms with E-state index in [2.05, 4.69) is 5.32 Å². The molecule has 0 aliphatic carbocycles. The number of carbonyl (C=O) groups excluding carboxylic acids is 1. The van der Waals surface area contributed by atoms with Gasteiger partial charge in [-0.1, -0.05) is 17.7 Å². The Kier molecular flexibility index (Phi) is 5.01. The molecule has 6 heteroatoms. The van der Waals surface area contributed by atoms with Crippen molar-refractivity contribution in [1.29, 1.82) is 0 Å². The van der Waals surface area contributed by atoms with Crippen molar-refractivity contribution in [3.8, 4) is 0 Å². The maximum atomic E-state index is 12.1. The van der Waals surface area contributed by atoms with E-state index < -0.39 is 5.97 Å². The lowest BCUT2D eigenvalue weighted by atomic mass is 10.2. The Morgan fingerprint density at radius 1 is 1.32 bits per heavy atom. The summed E-state index contributed by atoms with van der Waals surface area (Å²) in [5, 5.41) is 12.0. The number of aromatic nitrogens is 1. The molecule has 0 fully saturated rings. The molecule has 0 atom stereocenters. The highest BCUT2D eigenvalue weighted by atomic mass is 35.5. The molecule has 1 amide bonds. The summed E-state index contributed by atoms with van der Waals surface area (Å²) in [6.45, 7) is 1.91. The molecule has 1 aromatic heterocycles. The first-order chi connectivity index (χ1) is 10.5. The van der Waals surface area contributed by atoms with Crippen molar-refractivity contribution < 1.29 is 14.7 Å². The third-order valence-electron chi connectivity index (χ3n) is 3.12. The molecule has 0 aliphatic rings. The van der Waals surface area contributed by atoms with Gasteiger partial charge in [0.25, 0.3) is 0 Å². The molecular weight excluding hydrogens is 304 g/mol. The highest BCUT2D eigenvalue weighted by Crippen LogP contribution is 2.22. The van der Waals surface area contributed by atoms with Crippen molar-refractivity contribution in [1.82, 2.24) is 4.57 Å². The minimum atomic E-state index is -1.04. The van der Waals surface area contributed by atoms with Crippen molar-refractivity contribution in [3.63, 3.8) is 0 Å². The largest absolute Gasteiger partial charge is 0.478 e. The smallest absolute Gasteiger partial charge is 0.328 e. The fourth-order valence-electron chi connectivity index (χ4n) is 1.97. The lowest BCUT2D eigenvalue weighted by Crippen LogP contribution is -2.19. The molecule has 2 rings (SSSR count). The predicted molar refractivity (Wildman–Crippen MR) is 85.9 cm³/mol. The normalized spacial score (nSPS) is 10.8. The Balaban J connectivity index is 2.08. The van der Waals surface area contributed by atoms with Gasteiger partial charge in [-0.05, 0) is 42.8 Å². The molecule has 2 N–H and O–H groups in total. The number of rotatable bonds is 5. The summed E-state index contributed by atoms with van der Waals surface area (Å²) in [6, 6.07) is 8.78. The predicted octanol–water partition coefficient (Wildman–Crippen LogP) is 3.19. The number of carbonyl (C=O) groups is 2. The van der Waals surface area contributed by atoms with E-state index in [1.807, 2.05) is 6.92 Å². The minimum Gasteiger partial charge on any atom is -0.478 e. The number of aliphatic carboxylic acids is 1. The van der Waals surface area contributed by atoms with Crippen LogP contribution < -0.4 is 5.32 Å². The highest BCUT2D eigenvalue weighted by Gasteiger charge is 2.08. The third kappa shape index (κ3) is 3.99. The number of carboxylic acid groups (broad SMARTS) is 1. The molecular formula is C16H15ClN2O3. The van der Waals surface area contributed by atoms with E-state index in [4.69, 9.17) is 16.7 Å². The first-order valence-corrected chi connectivity index (χ1v) is 6.96. The van der Waals surface area contributed by atoms with Crippen LogP contribution in [0.15, 0.2) is 42.6 Å². The van der Waals surface area contributed by atoms with Crippen LogP contribution in [-0.4, -0.2) is 21.6 Å². The molecule has 5 nitrogen and oxygen atoms in total. The van der Waals surface area contributed by atoms with Crippen LogP contribution in [0.2, 0.25) is 5.02 Å². The molecule has 1 aromatic carbocycles. The van der Waals surface area contributed by atoms with Crippen molar-refractivity contribution >= 4 is 35.2 Å². The van der Waals surface area contributed by atoms with Gasteiger partial charge in [0.05, 0.1) is 0 Å². The molecule has 1 heterocycles. The van der Waals surface area contributed by atoms with Gasteiger partial charge in [0.2, 0.25) is 5.91 Å². The Labute approximate surface area is 132 Å². The zero-order chi connectivity index (χ0) is 16.1. The number of halogens is 1. The third-order valence-corrected chi connectivity index (χ3v) is 3.53. The fraction of sp³-hybridized carbons (Fsp3) is 0.125. The van der Waals surface area contributed by atoms with E-state index in [-0.39, 0.29) is 12.5 Å². The van der Waals surface area contributed by atoms with Crippen molar-refractivity contribution in [2.24, 2.45) is 0 Å². The van der Waals surface area contributed by atoms with E-state index in [9.17, 15) is 9.59 Å². The number of benzene rings is 1. The van der Waals surface area contributed by atoms with Gasteiger partial charge in [0, 0.05) is 28.7 Å². The zero-order valence-electron chi connectivity index (χ0n) is 11.9. The molecule has 114 valence electrons. The average Bonchev–Trinajstić information content (AvgIpc) is 2.89. The summed E-state index contributed by atoms with van der Waals surface area (Å²) in [4.78, 5) is 22.7. The van der Waals surface area contributed by atoms with Crippen LogP contribution in [0, 0.1) is 6.92 Å². The van der Waals surface area contributed by atoms with Crippen molar-refractivity contribution in [3.05, 3.63) is 58.9 Å². The van der Waals surface area contributed by atoms with Gasteiger partial charge >= 0.3 is 5.97 Å². The van der Waals surface area contributed by atoms with Gasteiger partial charge in [0.1, 0.15) is 6.54 Å². The van der Waals surface area contributed by atoms with Crippen LogP contribution in [0.5, 0.6) is 0 Å². The maximum Gasteiger partial charge on any atom is 0.328 e. The average molecular weight is 319 g/mol. The van der Waals surface area contributed by atoms with Gasteiger partial charge in [-0.15, -0.1) is 0 Å². The van der Waals surface area contributed by atoms with Gasteiger partial charge in [-0.3, -0.25) is 4.79 Å². The first kappa shape index (κ1) is 15.9. The molecule has 0 spiro atoms. The number of carboxylic acids is 1. The van der Waals surface area contributed by atoms with Crippen LogP contribution in [0.3, 0.4) is 0 Å². The Bertz CT molecular complexity index is 735. The molecule has 0 bridgehead atoms. The Hall–Kier alpha value is -2.53. The SMILES string of the molecule is Cc1c(Cl)cccc1NC(=O)Cn1cccc1/C=C/C(=O)O.